The lowest BCUT2D eigenvalue weighted by Gasteiger charge is -1.96. The third-order valence-corrected chi connectivity index (χ3v) is 2.00. The first kappa shape index (κ1) is 7.41. The van der Waals surface area contributed by atoms with Gasteiger partial charge in [-0.1, -0.05) is 25.5 Å². The highest BCUT2D eigenvalue weighted by Crippen LogP contribution is 2.17. The van der Waals surface area contributed by atoms with Crippen LogP contribution < -0.4 is 0 Å². The molecule has 1 aromatic heterocycles. The molecule has 2 rings (SSSR count). The van der Waals surface area contributed by atoms with Crippen LogP contribution >= 0.6 is 0 Å². The summed E-state index contributed by atoms with van der Waals surface area (Å²) in [6.07, 6.45) is 5.03. The van der Waals surface area contributed by atoms with Crippen molar-refractivity contribution in [1.29, 1.82) is 0 Å². The first-order chi connectivity index (χ1) is 5.90. The van der Waals surface area contributed by atoms with E-state index in [9.17, 15) is 0 Å². The fourth-order valence-corrected chi connectivity index (χ4v) is 1.39. The lowest BCUT2D eigenvalue weighted by atomic mass is 10.1. The highest BCUT2D eigenvalue weighted by molar-refractivity contribution is 5.77. The molecule has 0 aliphatic heterocycles. The van der Waals surface area contributed by atoms with Gasteiger partial charge in [0.25, 0.3) is 0 Å². The SMILES string of the molecule is CCCc1ccc2c[c]oc2c1. The van der Waals surface area contributed by atoms with Gasteiger partial charge in [-0.2, -0.15) is 0 Å². The molecule has 0 atom stereocenters. The van der Waals surface area contributed by atoms with Crippen LogP contribution in [0.4, 0.5) is 0 Å². The minimum Gasteiger partial charge on any atom is -0.453 e. The second-order valence-corrected chi connectivity index (χ2v) is 2.99. The van der Waals surface area contributed by atoms with Gasteiger partial charge in [0, 0.05) is 5.39 Å². The van der Waals surface area contributed by atoms with Gasteiger partial charge in [0.1, 0.15) is 5.58 Å². The molecular weight excluding hydrogens is 148 g/mol. The number of hydrogen-bond donors (Lipinski definition) is 0. The molecule has 1 heteroatoms. The Morgan fingerprint density at radius 3 is 3.17 bits per heavy atom. The topological polar surface area (TPSA) is 13.1 Å². The van der Waals surface area contributed by atoms with Crippen LogP contribution in [0.3, 0.4) is 0 Å². The highest BCUT2D eigenvalue weighted by Gasteiger charge is 1.97. The molecule has 0 aliphatic rings. The molecule has 0 N–H and O–H groups in total. The molecule has 1 heterocycles. The van der Waals surface area contributed by atoms with Crippen molar-refractivity contribution in [2.75, 3.05) is 0 Å². The molecule has 0 saturated heterocycles. The fourth-order valence-electron chi connectivity index (χ4n) is 1.39. The normalized spacial score (nSPS) is 10.8. The van der Waals surface area contributed by atoms with Gasteiger partial charge < -0.3 is 4.42 Å². The zero-order valence-electron chi connectivity index (χ0n) is 7.13. The zero-order chi connectivity index (χ0) is 8.39. The molecule has 1 radical (unpaired) electrons. The van der Waals surface area contributed by atoms with Gasteiger partial charge >= 0.3 is 0 Å². The maximum Gasteiger partial charge on any atom is 0.170 e. The van der Waals surface area contributed by atoms with Gasteiger partial charge in [-0.15, -0.1) is 0 Å². The Morgan fingerprint density at radius 1 is 1.42 bits per heavy atom. The molecule has 0 fully saturated rings. The first-order valence-electron chi connectivity index (χ1n) is 4.28. The van der Waals surface area contributed by atoms with Crippen LogP contribution in [0.5, 0.6) is 0 Å². The number of aryl methyl sites for hydroxylation is 1. The maximum atomic E-state index is 5.18. The largest absolute Gasteiger partial charge is 0.453 e. The minimum absolute atomic E-state index is 0.945. The second-order valence-electron chi connectivity index (χ2n) is 2.99. The number of hydrogen-bond acceptors (Lipinski definition) is 1. The van der Waals surface area contributed by atoms with Crippen molar-refractivity contribution in [3.8, 4) is 0 Å². The van der Waals surface area contributed by atoms with Gasteiger partial charge in [0.15, 0.2) is 6.26 Å². The molecule has 0 unspecified atom stereocenters. The van der Waals surface area contributed by atoms with Crippen LogP contribution in [0.1, 0.15) is 18.9 Å². The van der Waals surface area contributed by atoms with E-state index in [1.54, 1.807) is 0 Å². The quantitative estimate of drug-likeness (QED) is 0.655. The summed E-state index contributed by atoms with van der Waals surface area (Å²) in [6, 6.07) is 8.19. The number of furan rings is 1. The Morgan fingerprint density at radius 2 is 2.33 bits per heavy atom. The predicted octanol–water partition coefficient (Wildman–Crippen LogP) is 3.19. The van der Waals surface area contributed by atoms with E-state index >= 15 is 0 Å². The van der Waals surface area contributed by atoms with Crippen molar-refractivity contribution >= 4 is 11.0 Å². The number of benzene rings is 1. The van der Waals surface area contributed by atoms with Gasteiger partial charge in [-0.05, 0) is 24.1 Å². The standard InChI is InChI=1S/C11H11O/c1-2-3-9-4-5-10-6-7-12-11(10)8-9/h4-6,8H,2-3H2,1H3. The van der Waals surface area contributed by atoms with Crippen molar-refractivity contribution in [2.24, 2.45) is 0 Å². The molecule has 1 nitrogen and oxygen atoms in total. The van der Waals surface area contributed by atoms with E-state index in [0.29, 0.717) is 0 Å². The predicted molar refractivity (Wildman–Crippen MR) is 49.0 cm³/mol. The Kier molecular flexibility index (Phi) is 1.86. The van der Waals surface area contributed by atoms with Gasteiger partial charge in [-0.3, -0.25) is 0 Å². The number of fused-ring (bicyclic) bond motifs is 1. The van der Waals surface area contributed by atoms with Gasteiger partial charge in [0.05, 0.1) is 0 Å². The van der Waals surface area contributed by atoms with E-state index in [1.807, 2.05) is 6.07 Å². The van der Waals surface area contributed by atoms with E-state index in [1.165, 1.54) is 12.0 Å². The van der Waals surface area contributed by atoms with Gasteiger partial charge in [0.2, 0.25) is 0 Å². The van der Waals surface area contributed by atoms with Crippen molar-refractivity contribution < 1.29 is 4.42 Å². The van der Waals surface area contributed by atoms with E-state index in [0.717, 1.165) is 17.4 Å². The maximum absolute atomic E-state index is 5.18. The summed E-state index contributed by atoms with van der Waals surface area (Å²) in [4.78, 5) is 0. The van der Waals surface area contributed by atoms with Gasteiger partial charge in [-0.25, -0.2) is 0 Å². The van der Waals surface area contributed by atoms with Crippen molar-refractivity contribution in [3.05, 3.63) is 36.1 Å². The Balaban J connectivity index is 2.46. The van der Waals surface area contributed by atoms with Crippen LogP contribution in [0.25, 0.3) is 11.0 Å². The fraction of sp³-hybridized carbons (Fsp3) is 0.273. The molecular formula is C11H11O. The molecule has 0 saturated carbocycles. The lowest BCUT2D eigenvalue weighted by molar-refractivity contribution is 0.605. The molecule has 12 heavy (non-hydrogen) atoms. The third kappa shape index (κ3) is 1.22. The zero-order valence-corrected chi connectivity index (χ0v) is 7.13. The molecule has 61 valence electrons. The summed E-state index contributed by atoms with van der Waals surface area (Å²) >= 11 is 0. The molecule has 0 spiro atoms. The minimum atomic E-state index is 0.945. The lowest BCUT2D eigenvalue weighted by Crippen LogP contribution is -1.80. The van der Waals surface area contributed by atoms with Crippen molar-refractivity contribution in [2.45, 2.75) is 19.8 Å². The summed E-state index contributed by atoms with van der Waals surface area (Å²) in [6.45, 7) is 2.18. The Labute approximate surface area is 72.0 Å². The molecule has 0 aliphatic carbocycles. The first-order valence-corrected chi connectivity index (χ1v) is 4.28. The molecule has 2 aromatic rings. The van der Waals surface area contributed by atoms with E-state index in [4.69, 9.17) is 4.42 Å². The molecule has 0 bridgehead atoms. The van der Waals surface area contributed by atoms with Crippen molar-refractivity contribution in [1.82, 2.24) is 0 Å². The summed E-state index contributed by atoms with van der Waals surface area (Å²) in [5.41, 5.74) is 2.29. The summed E-state index contributed by atoms with van der Waals surface area (Å²) in [5, 5.41) is 1.13. The summed E-state index contributed by atoms with van der Waals surface area (Å²) < 4.78 is 5.18. The third-order valence-electron chi connectivity index (χ3n) is 2.00. The number of rotatable bonds is 2. The summed E-state index contributed by atoms with van der Waals surface area (Å²) in [7, 11) is 0. The van der Waals surface area contributed by atoms with E-state index < -0.39 is 0 Å². The average Bonchev–Trinajstić information content (AvgIpc) is 2.51. The van der Waals surface area contributed by atoms with Crippen LogP contribution in [0.15, 0.2) is 28.7 Å². The highest BCUT2D eigenvalue weighted by atomic mass is 16.3. The van der Waals surface area contributed by atoms with Crippen molar-refractivity contribution in [3.63, 3.8) is 0 Å². The van der Waals surface area contributed by atoms with Crippen LogP contribution in [0, 0.1) is 6.26 Å². The van der Waals surface area contributed by atoms with E-state index in [2.05, 4.69) is 31.4 Å². The second kappa shape index (κ2) is 3.02. The van der Waals surface area contributed by atoms with Crippen LogP contribution in [0.2, 0.25) is 0 Å². The monoisotopic (exact) mass is 159 g/mol. The molecule has 1 aromatic carbocycles. The Hall–Kier alpha value is -1.24. The van der Waals surface area contributed by atoms with E-state index in [-0.39, 0.29) is 0 Å². The Bertz CT molecular complexity index is 373. The summed E-state index contributed by atoms with van der Waals surface area (Å²) in [5.74, 6) is 0. The average molecular weight is 159 g/mol. The smallest absolute Gasteiger partial charge is 0.170 e. The molecule has 0 amide bonds. The van der Waals surface area contributed by atoms with Crippen LogP contribution in [-0.2, 0) is 6.42 Å². The van der Waals surface area contributed by atoms with Crippen LogP contribution in [-0.4, -0.2) is 0 Å².